The predicted molar refractivity (Wildman–Crippen MR) is 75.4 cm³/mol. The highest BCUT2D eigenvalue weighted by atomic mass is 32.1. The molecule has 0 aliphatic rings. The van der Waals surface area contributed by atoms with Crippen LogP contribution in [0.2, 0.25) is 0 Å². The van der Waals surface area contributed by atoms with Crippen LogP contribution in [-0.4, -0.2) is 18.6 Å². The van der Waals surface area contributed by atoms with E-state index in [1.807, 2.05) is 17.8 Å². The zero-order chi connectivity index (χ0) is 13.0. The molecule has 1 N–H and O–H groups in total. The van der Waals surface area contributed by atoms with Crippen molar-refractivity contribution in [1.29, 1.82) is 0 Å². The number of pyridine rings is 1. The average Bonchev–Trinajstić information content (AvgIpc) is 2.84. The first-order valence-corrected chi connectivity index (χ1v) is 6.90. The van der Waals surface area contributed by atoms with Gasteiger partial charge in [-0.2, -0.15) is 0 Å². The van der Waals surface area contributed by atoms with Gasteiger partial charge < -0.3 is 10.1 Å². The molecule has 2 aromatic heterocycles. The normalized spacial score (nSPS) is 12.4. The Kier molecular flexibility index (Phi) is 4.33. The van der Waals surface area contributed by atoms with E-state index in [2.05, 4.69) is 36.3 Å². The highest BCUT2D eigenvalue weighted by Gasteiger charge is 2.16. The van der Waals surface area contributed by atoms with E-state index in [1.54, 1.807) is 18.4 Å². The average molecular weight is 262 g/mol. The number of thiophene rings is 1. The second-order valence-electron chi connectivity index (χ2n) is 4.18. The van der Waals surface area contributed by atoms with E-state index in [0.717, 1.165) is 12.3 Å². The molecule has 0 aliphatic heterocycles. The Morgan fingerprint density at radius 1 is 1.39 bits per heavy atom. The molecule has 0 fully saturated rings. The summed E-state index contributed by atoms with van der Waals surface area (Å²) in [6.45, 7) is 5.09. The van der Waals surface area contributed by atoms with Gasteiger partial charge in [-0.1, -0.05) is 13.0 Å². The molecule has 0 bridgehead atoms. The quantitative estimate of drug-likeness (QED) is 0.898. The van der Waals surface area contributed by atoms with Crippen molar-refractivity contribution in [3.05, 3.63) is 45.9 Å². The number of aryl methyl sites for hydroxylation is 1. The zero-order valence-electron chi connectivity index (χ0n) is 10.9. The maximum atomic E-state index is 5.25. The molecule has 2 aromatic rings. The van der Waals surface area contributed by atoms with Gasteiger partial charge >= 0.3 is 0 Å². The van der Waals surface area contributed by atoms with Crippen LogP contribution >= 0.6 is 11.3 Å². The van der Waals surface area contributed by atoms with E-state index in [9.17, 15) is 0 Å². The SMILES string of the molecule is CCNC(c1cncc(C)c1)c1cc(OC)cs1. The first-order valence-electron chi connectivity index (χ1n) is 6.02. The molecule has 2 rings (SSSR count). The van der Waals surface area contributed by atoms with Crippen LogP contribution in [0.1, 0.15) is 29.0 Å². The first-order chi connectivity index (χ1) is 8.74. The molecule has 2 heterocycles. The number of nitrogens with one attached hydrogen (secondary N) is 1. The highest BCUT2D eigenvalue weighted by Crippen LogP contribution is 2.30. The second-order valence-corrected chi connectivity index (χ2v) is 5.12. The lowest BCUT2D eigenvalue weighted by molar-refractivity contribution is 0.416. The summed E-state index contributed by atoms with van der Waals surface area (Å²) in [5.74, 6) is 0.915. The summed E-state index contributed by atoms with van der Waals surface area (Å²) in [6, 6.07) is 4.45. The minimum Gasteiger partial charge on any atom is -0.496 e. The topological polar surface area (TPSA) is 34.2 Å². The van der Waals surface area contributed by atoms with Crippen LogP contribution in [-0.2, 0) is 0 Å². The number of nitrogens with zero attached hydrogens (tertiary/aromatic N) is 1. The molecule has 4 heteroatoms. The van der Waals surface area contributed by atoms with E-state index < -0.39 is 0 Å². The van der Waals surface area contributed by atoms with Gasteiger partial charge in [0, 0.05) is 22.7 Å². The summed E-state index contributed by atoms with van der Waals surface area (Å²) in [4.78, 5) is 5.52. The van der Waals surface area contributed by atoms with E-state index in [0.29, 0.717) is 0 Å². The van der Waals surface area contributed by atoms with Crippen molar-refractivity contribution in [2.24, 2.45) is 0 Å². The number of hydrogen-bond acceptors (Lipinski definition) is 4. The lowest BCUT2D eigenvalue weighted by atomic mass is 10.1. The number of methoxy groups -OCH3 is 1. The molecular formula is C14H18N2OS. The lowest BCUT2D eigenvalue weighted by Gasteiger charge is -2.16. The molecule has 0 aromatic carbocycles. The van der Waals surface area contributed by atoms with Crippen molar-refractivity contribution in [3.8, 4) is 5.75 Å². The van der Waals surface area contributed by atoms with Crippen molar-refractivity contribution in [3.63, 3.8) is 0 Å². The highest BCUT2D eigenvalue weighted by molar-refractivity contribution is 7.10. The standard InChI is InChI=1S/C14H18N2OS/c1-4-16-14(11-5-10(2)7-15-8-11)13-6-12(17-3)9-18-13/h5-9,14,16H,4H2,1-3H3. The molecule has 0 saturated carbocycles. The molecule has 96 valence electrons. The third-order valence-electron chi connectivity index (χ3n) is 2.75. The largest absolute Gasteiger partial charge is 0.496 e. The predicted octanol–water partition coefficient (Wildman–Crippen LogP) is 3.16. The molecule has 3 nitrogen and oxygen atoms in total. The third-order valence-corrected chi connectivity index (χ3v) is 3.73. The van der Waals surface area contributed by atoms with Gasteiger partial charge in [-0.05, 0) is 30.7 Å². The Bertz CT molecular complexity index is 510. The van der Waals surface area contributed by atoms with Gasteiger partial charge in [-0.15, -0.1) is 11.3 Å². The van der Waals surface area contributed by atoms with Gasteiger partial charge in [0.2, 0.25) is 0 Å². The maximum absolute atomic E-state index is 5.25. The fraction of sp³-hybridized carbons (Fsp3) is 0.357. The van der Waals surface area contributed by atoms with E-state index in [-0.39, 0.29) is 6.04 Å². The Hall–Kier alpha value is -1.39. The third kappa shape index (κ3) is 2.89. The minimum absolute atomic E-state index is 0.191. The van der Waals surface area contributed by atoms with Gasteiger partial charge in [-0.25, -0.2) is 0 Å². The van der Waals surface area contributed by atoms with E-state index in [4.69, 9.17) is 4.74 Å². The Labute approximate surface area is 112 Å². The summed E-state index contributed by atoms with van der Waals surface area (Å²) < 4.78 is 5.25. The van der Waals surface area contributed by atoms with E-state index in [1.165, 1.54) is 16.0 Å². The fourth-order valence-electron chi connectivity index (χ4n) is 1.92. The maximum Gasteiger partial charge on any atom is 0.129 e. The van der Waals surface area contributed by atoms with Crippen LogP contribution in [0.15, 0.2) is 29.9 Å². The zero-order valence-corrected chi connectivity index (χ0v) is 11.8. The van der Waals surface area contributed by atoms with Gasteiger partial charge in [0.15, 0.2) is 0 Å². The monoisotopic (exact) mass is 262 g/mol. The number of hydrogen-bond donors (Lipinski definition) is 1. The molecule has 0 aliphatic carbocycles. The Balaban J connectivity index is 2.33. The molecule has 18 heavy (non-hydrogen) atoms. The molecule has 0 radical (unpaired) electrons. The molecule has 0 spiro atoms. The van der Waals surface area contributed by atoms with Crippen LogP contribution in [0.4, 0.5) is 0 Å². The van der Waals surface area contributed by atoms with Gasteiger partial charge in [0.1, 0.15) is 5.75 Å². The van der Waals surface area contributed by atoms with Crippen LogP contribution in [0.3, 0.4) is 0 Å². The molecule has 1 atom stereocenters. The van der Waals surface area contributed by atoms with Crippen molar-refractivity contribution in [2.75, 3.05) is 13.7 Å². The summed E-state index contributed by atoms with van der Waals surface area (Å²) in [5.41, 5.74) is 2.38. The Morgan fingerprint density at radius 2 is 2.22 bits per heavy atom. The summed E-state index contributed by atoms with van der Waals surface area (Å²) in [6.07, 6.45) is 3.80. The summed E-state index contributed by atoms with van der Waals surface area (Å²) in [5, 5.41) is 5.53. The van der Waals surface area contributed by atoms with Crippen molar-refractivity contribution < 1.29 is 4.74 Å². The summed E-state index contributed by atoms with van der Waals surface area (Å²) >= 11 is 1.71. The minimum atomic E-state index is 0.191. The molecule has 0 saturated heterocycles. The molecule has 1 unspecified atom stereocenters. The van der Waals surface area contributed by atoms with Crippen molar-refractivity contribution >= 4 is 11.3 Å². The second kappa shape index (κ2) is 5.98. The van der Waals surface area contributed by atoms with Crippen LogP contribution in [0.5, 0.6) is 5.75 Å². The van der Waals surface area contributed by atoms with Crippen molar-refractivity contribution in [1.82, 2.24) is 10.3 Å². The van der Waals surface area contributed by atoms with Gasteiger partial charge in [0.25, 0.3) is 0 Å². The van der Waals surface area contributed by atoms with Gasteiger partial charge in [0.05, 0.1) is 13.2 Å². The van der Waals surface area contributed by atoms with E-state index >= 15 is 0 Å². The molecular weight excluding hydrogens is 244 g/mol. The smallest absolute Gasteiger partial charge is 0.129 e. The van der Waals surface area contributed by atoms with Crippen LogP contribution in [0.25, 0.3) is 0 Å². The fourth-order valence-corrected chi connectivity index (χ4v) is 2.87. The summed E-state index contributed by atoms with van der Waals surface area (Å²) in [7, 11) is 1.70. The molecule has 0 amide bonds. The lowest BCUT2D eigenvalue weighted by Crippen LogP contribution is -2.21. The van der Waals surface area contributed by atoms with Crippen LogP contribution < -0.4 is 10.1 Å². The van der Waals surface area contributed by atoms with Crippen LogP contribution in [0, 0.1) is 6.92 Å². The Morgan fingerprint density at radius 3 is 2.83 bits per heavy atom. The van der Waals surface area contributed by atoms with Gasteiger partial charge in [-0.3, -0.25) is 4.98 Å². The van der Waals surface area contributed by atoms with Crippen molar-refractivity contribution in [2.45, 2.75) is 19.9 Å². The number of ether oxygens (including phenoxy) is 1. The number of rotatable bonds is 5. The first kappa shape index (κ1) is 13.1. The number of aromatic nitrogens is 1.